The molecule has 0 atom stereocenters. The molecule has 0 bridgehead atoms. The van der Waals surface area contributed by atoms with Crippen molar-refractivity contribution in [3.05, 3.63) is 163 Å². The highest BCUT2D eigenvalue weighted by atomic mass is 15.1. The minimum atomic E-state index is 0.973. The number of hydrogen-bond acceptors (Lipinski definition) is 1. The first-order valence-corrected chi connectivity index (χ1v) is 16.3. The molecule has 0 spiro atoms. The summed E-state index contributed by atoms with van der Waals surface area (Å²) in [6.07, 6.45) is 6.42. The zero-order valence-electron chi connectivity index (χ0n) is 25.7. The average molecular weight is 603 g/mol. The third kappa shape index (κ3) is 3.91. The molecule has 47 heavy (non-hydrogen) atoms. The molecular weight excluding hydrogens is 573 g/mol. The van der Waals surface area contributed by atoms with Crippen LogP contribution in [0.5, 0.6) is 0 Å². The van der Waals surface area contributed by atoms with Gasteiger partial charge in [0, 0.05) is 44.2 Å². The monoisotopic (exact) mass is 602 g/mol. The first-order valence-electron chi connectivity index (χ1n) is 16.3. The number of imidazole rings is 1. The Balaban J connectivity index is 1.22. The van der Waals surface area contributed by atoms with E-state index in [4.69, 9.17) is 4.98 Å². The van der Waals surface area contributed by atoms with Crippen molar-refractivity contribution >= 4 is 49.7 Å². The molecule has 0 amide bonds. The Morgan fingerprint density at radius 1 is 0.447 bits per heavy atom. The highest BCUT2D eigenvalue weighted by Crippen LogP contribution is 2.38. The molecule has 4 heteroatoms. The van der Waals surface area contributed by atoms with Crippen molar-refractivity contribution in [2.24, 2.45) is 0 Å². The molecule has 3 aromatic heterocycles. The van der Waals surface area contributed by atoms with Gasteiger partial charge < -0.3 is 9.13 Å². The second-order valence-corrected chi connectivity index (χ2v) is 12.4. The number of para-hydroxylation sites is 4. The van der Waals surface area contributed by atoms with Crippen molar-refractivity contribution in [2.45, 2.75) is 12.8 Å². The molecule has 0 fully saturated rings. The van der Waals surface area contributed by atoms with E-state index in [-0.39, 0.29) is 0 Å². The fourth-order valence-electron chi connectivity index (χ4n) is 7.67. The van der Waals surface area contributed by atoms with Gasteiger partial charge in [-0.1, -0.05) is 97.1 Å². The van der Waals surface area contributed by atoms with Gasteiger partial charge in [-0.2, -0.15) is 0 Å². The third-order valence-corrected chi connectivity index (χ3v) is 9.70. The molecule has 0 saturated heterocycles. The van der Waals surface area contributed by atoms with Crippen LogP contribution in [0.4, 0.5) is 0 Å². The lowest BCUT2D eigenvalue weighted by molar-refractivity contribution is 0.878. The maximum atomic E-state index is 5.21. The van der Waals surface area contributed by atoms with Crippen molar-refractivity contribution in [1.29, 1.82) is 0 Å². The lowest BCUT2D eigenvalue weighted by Gasteiger charge is -2.15. The first kappa shape index (κ1) is 26.1. The second-order valence-electron chi connectivity index (χ2n) is 12.4. The van der Waals surface area contributed by atoms with Gasteiger partial charge in [0.15, 0.2) is 0 Å². The Bertz CT molecular complexity index is 2630. The van der Waals surface area contributed by atoms with Crippen LogP contribution in [0.1, 0.15) is 17.8 Å². The summed E-state index contributed by atoms with van der Waals surface area (Å²) < 4.78 is 7.17. The van der Waals surface area contributed by atoms with Crippen LogP contribution in [0.15, 0.2) is 152 Å². The summed E-state index contributed by atoms with van der Waals surface area (Å²) in [5.41, 5.74) is 11.6. The van der Waals surface area contributed by atoms with Crippen LogP contribution in [-0.2, 0) is 6.42 Å². The van der Waals surface area contributed by atoms with Gasteiger partial charge in [-0.15, -0.1) is 0 Å². The van der Waals surface area contributed by atoms with Gasteiger partial charge in [0.2, 0.25) is 0 Å². The lowest BCUT2D eigenvalue weighted by atomic mass is 10.1. The van der Waals surface area contributed by atoms with E-state index in [1.807, 2.05) is 0 Å². The molecule has 6 aromatic carbocycles. The molecular formula is C43H30N4. The number of rotatable bonds is 4. The maximum Gasteiger partial charge on any atom is 0.145 e. The summed E-state index contributed by atoms with van der Waals surface area (Å²) in [5.74, 6) is 0.973. The zero-order valence-corrected chi connectivity index (χ0v) is 25.7. The number of hydrogen-bond donors (Lipinski definition) is 0. The van der Waals surface area contributed by atoms with Gasteiger partial charge >= 0.3 is 0 Å². The van der Waals surface area contributed by atoms with E-state index in [2.05, 4.69) is 171 Å². The van der Waals surface area contributed by atoms with Gasteiger partial charge in [-0.25, -0.2) is 4.98 Å². The molecule has 0 N–H and O–H groups in total. The Morgan fingerprint density at radius 2 is 1.02 bits per heavy atom. The Morgan fingerprint density at radius 3 is 1.72 bits per heavy atom. The highest BCUT2D eigenvalue weighted by Gasteiger charge is 2.21. The molecule has 1 aliphatic carbocycles. The molecule has 3 heterocycles. The smallest absolute Gasteiger partial charge is 0.145 e. The van der Waals surface area contributed by atoms with E-state index >= 15 is 0 Å². The predicted molar refractivity (Wildman–Crippen MR) is 195 cm³/mol. The van der Waals surface area contributed by atoms with Gasteiger partial charge in [0.25, 0.3) is 0 Å². The van der Waals surface area contributed by atoms with E-state index in [1.54, 1.807) is 0 Å². The molecule has 0 radical (unpaired) electrons. The summed E-state index contributed by atoms with van der Waals surface area (Å²) in [5, 5.41) is 5.01. The summed E-state index contributed by atoms with van der Waals surface area (Å²) in [7, 11) is 0. The average Bonchev–Trinajstić information content (AvgIpc) is 3.80. The maximum absolute atomic E-state index is 5.21. The SMILES string of the molecule is C1=Cc2nc(-c3cccc(-n4c5ccccc5c5ccc(-n6c7ccccc7c7ccccc76)cc54)c3)n(-c3ccccc3)c2CC1. The molecule has 0 aliphatic heterocycles. The van der Waals surface area contributed by atoms with Crippen LogP contribution in [0.25, 0.3) is 78.1 Å². The molecule has 9 aromatic rings. The highest BCUT2D eigenvalue weighted by molar-refractivity contribution is 6.12. The van der Waals surface area contributed by atoms with Crippen molar-refractivity contribution in [1.82, 2.24) is 18.7 Å². The standard InChI is InChI=1S/C43H30N4/c1-2-14-30(15-3-1)47-41-24-11-7-20-37(41)44-43(47)29-13-12-16-31(27-29)46-40-23-10-6-19-35(40)36-26-25-32(28-42(36)46)45-38-21-8-4-17-33(38)34-18-5-9-22-39(34)45/h1-10,12-23,25-28H,11,24H2. The molecule has 222 valence electrons. The van der Waals surface area contributed by atoms with Crippen LogP contribution in [-0.4, -0.2) is 18.7 Å². The number of fused-ring (bicyclic) bond motifs is 7. The normalized spacial score (nSPS) is 12.9. The first-order chi connectivity index (χ1) is 23.3. The lowest BCUT2D eigenvalue weighted by Crippen LogP contribution is -2.04. The van der Waals surface area contributed by atoms with E-state index in [9.17, 15) is 0 Å². The van der Waals surface area contributed by atoms with Crippen LogP contribution in [0, 0.1) is 0 Å². The van der Waals surface area contributed by atoms with E-state index in [0.29, 0.717) is 0 Å². The quantitative estimate of drug-likeness (QED) is 0.197. The van der Waals surface area contributed by atoms with Gasteiger partial charge in [-0.05, 0) is 73.5 Å². The number of allylic oxidation sites excluding steroid dienone is 1. The molecule has 0 unspecified atom stereocenters. The zero-order chi connectivity index (χ0) is 30.9. The van der Waals surface area contributed by atoms with Crippen molar-refractivity contribution < 1.29 is 0 Å². The Kier molecular flexibility index (Phi) is 5.67. The van der Waals surface area contributed by atoms with Crippen molar-refractivity contribution in [3.63, 3.8) is 0 Å². The van der Waals surface area contributed by atoms with E-state index in [0.717, 1.165) is 47.0 Å². The molecule has 0 saturated carbocycles. The second kappa shape index (κ2) is 10.2. The Labute approximate surface area is 272 Å². The van der Waals surface area contributed by atoms with Crippen LogP contribution in [0.2, 0.25) is 0 Å². The topological polar surface area (TPSA) is 27.7 Å². The largest absolute Gasteiger partial charge is 0.309 e. The minimum absolute atomic E-state index is 0.973. The summed E-state index contributed by atoms with van der Waals surface area (Å²) in [6.45, 7) is 0. The number of benzene rings is 6. The van der Waals surface area contributed by atoms with E-state index in [1.165, 1.54) is 49.3 Å². The van der Waals surface area contributed by atoms with Gasteiger partial charge in [-0.3, -0.25) is 4.57 Å². The van der Waals surface area contributed by atoms with Crippen molar-refractivity contribution in [2.75, 3.05) is 0 Å². The van der Waals surface area contributed by atoms with Crippen molar-refractivity contribution in [3.8, 4) is 28.5 Å². The summed E-state index contributed by atoms with van der Waals surface area (Å²) >= 11 is 0. The fraction of sp³-hybridized carbons (Fsp3) is 0.0465. The van der Waals surface area contributed by atoms with Gasteiger partial charge in [0.1, 0.15) is 5.82 Å². The number of nitrogens with zero attached hydrogens (tertiary/aromatic N) is 4. The fourth-order valence-corrected chi connectivity index (χ4v) is 7.67. The van der Waals surface area contributed by atoms with Crippen LogP contribution < -0.4 is 0 Å². The van der Waals surface area contributed by atoms with Crippen LogP contribution >= 0.6 is 0 Å². The summed E-state index contributed by atoms with van der Waals surface area (Å²) in [6, 6.07) is 52.6. The minimum Gasteiger partial charge on any atom is -0.309 e. The van der Waals surface area contributed by atoms with E-state index < -0.39 is 0 Å². The Hall–Kier alpha value is -6.13. The predicted octanol–water partition coefficient (Wildman–Crippen LogP) is 10.7. The van der Waals surface area contributed by atoms with Crippen LogP contribution in [0.3, 0.4) is 0 Å². The molecule has 1 aliphatic rings. The van der Waals surface area contributed by atoms with Gasteiger partial charge in [0.05, 0.1) is 33.5 Å². The molecule has 4 nitrogen and oxygen atoms in total. The summed E-state index contributed by atoms with van der Waals surface area (Å²) in [4.78, 5) is 5.21. The number of aromatic nitrogens is 4. The molecule has 10 rings (SSSR count). The third-order valence-electron chi connectivity index (χ3n) is 9.70.